The molecule has 0 amide bonds. The highest BCUT2D eigenvalue weighted by Crippen LogP contribution is 2.36. The zero-order valence-corrected chi connectivity index (χ0v) is 15.7. The van der Waals surface area contributed by atoms with E-state index in [0.717, 1.165) is 0 Å². The molecule has 0 radical (unpaired) electrons. The SMILES string of the molecule is CCO/C(C)=N/c1c(C#N)c(CC)nn1-c1c(Cl)cc(Cl)cc1Cl. The van der Waals surface area contributed by atoms with Gasteiger partial charge >= 0.3 is 0 Å². The number of hydrogen-bond acceptors (Lipinski definition) is 4. The van der Waals surface area contributed by atoms with Gasteiger partial charge in [0.05, 0.1) is 22.3 Å². The van der Waals surface area contributed by atoms with Gasteiger partial charge in [-0.1, -0.05) is 41.7 Å². The van der Waals surface area contributed by atoms with E-state index in [9.17, 15) is 5.26 Å². The fraction of sp³-hybridized carbons (Fsp3) is 0.312. The number of aryl methyl sites for hydroxylation is 1. The molecule has 2 aromatic rings. The van der Waals surface area contributed by atoms with Crippen molar-refractivity contribution in [3.8, 4) is 11.8 Å². The quantitative estimate of drug-likeness (QED) is 0.526. The number of halogens is 3. The van der Waals surface area contributed by atoms with E-state index in [1.165, 1.54) is 4.68 Å². The summed E-state index contributed by atoms with van der Waals surface area (Å²) < 4.78 is 6.83. The van der Waals surface area contributed by atoms with E-state index in [4.69, 9.17) is 39.5 Å². The van der Waals surface area contributed by atoms with Crippen molar-refractivity contribution in [2.75, 3.05) is 6.61 Å². The van der Waals surface area contributed by atoms with Gasteiger partial charge in [-0.15, -0.1) is 0 Å². The van der Waals surface area contributed by atoms with Crippen molar-refractivity contribution in [2.45, 2.75) is 27.2 Å². The largest absolute Gasteiger partial charge is 0.481 e. The molecule has 0 aliphatic carbocycles. The molecule has 1 aromatic carbocycles. The van der Waals surface area contributed by atoms with Gasteiger partial charge in [0.1, 0.15) is 17.3 Å². The van der Waals surface area contributed by atoms with Crippen LogP contribution in [-0.2, 0) is 11.2 Å². The molecule has 0 saturated heterocycles. The molecule has 126 valence electrons. The molecule has 5 nitrogen and oxygen atoms in total. The lowest BCUT2D eigenvalue weighted by Gasteiger charge is -2.10. The van der Waals surface area contributed by atoms with E-state index < -0.39 is 0 Å². The fourth-order valence-corrected chi connectivity index (χ4v) is 3.18. The molecular formula is C16H15Cl3N4O. The molecule has 0 spiro atoms. The summed E-state index contributed by atoms with van der Waals surface area (Å²) >= 11 is 18.6. The van der Waals surface area contributed by atoms with Crippen LogP contribution in [0.15, 0.2) is 17.1 Å². The Morgan fingerprint density at radius 2 is 1.92 bits per heavy atom. The van der Waals surface area contributed by atoms with Crippen molar-refractivity contribution < 1.29 is 4.74 Å². The Kier molecular flexibility index (Phi) is 6.11. The summed E-state index contributed by atoms with van der Waals surface area (Å²) in [6.45, 7) is 5.93. The lowest BCUT2D eigenvalue weighted by atomic mass is 10.2. The second-order valence-corrected chi connectivity index (χ2v) is 6.06. The van der Waals surface area contributed by atoms with Gasteiger partial charge in [0.15, 0.2) is 11.7 Å². The van der Waals surface area contributed by atoms with Crippen LogP contribution in [0.4, 0.5) is 5.82 Å². The smallest absolute Gasteiger partial charge is 0.186 e. The van der Waals surface area contributed by atoms with Crippen LogP contribution in [-0.4, -0.2) is 22.3 Å². The van der Waals surface area contributed by atoms with Crippen molar-refractivity contribution in [1.29, 1.82) is 5.26 Å². The Morgan fingerprint density at radius 3 is 2.42 bits per heavy atom. The molecule has 0 bridgehead atoms. The number of nitrogens with zero attached hydrogens (tertiary/aromatic N) is 4. The molecule has 0 saturated carbocycles. The number of aliphatic imine (C=N–C) groups is 1. The lowest BCUT2D eigenvalue weighted by molar-refractivity contribution is 0.324. The van der Waals surface area contributed by atoms with Crippen LogP contribution in [0, 0.1) is 11.3 Å². The molecule has 0 aliphatic heterocycles. The minimum absolute atomic E-state index is 0.313. The van der Waals surface area contributed by atoms with Crippen molar-refractivity contribution in [3.05, 3.63) is 38.5 Å². The average Bonchev–Trinajstić information content (AvgIpc) is 2.84. The van der Waals surface area contributed by atoms with Gasteiger partial charge in [0.25, 0.3) is 0 Å². The van der Waals surface area contributed by atoms with Crippen LogP contribution < -0.4 is 0 Å². The first-order valence-electron chi connectivity index (χ1n) is 7.27. The van der Waals surface area contributed by atoms with Crippen molar-refractivity contribution >= 4 is 46.5 Å². The summed E-state index contributed by atoms with van der Waals surface area (Å²) in [5.74, 6) is 0.741. The Bertz CT molecular complexity index is 814. The summed E-state index contributed by atoms with van der Waals surface area (Å²) in [5, 5.41) is 15.0. The van der Waals surface area contributed by atoms with Crippen LogP contribution >= 0.6 is 34.8 Å². The standard InChI is InChI=1S/C16H15Cl3N4O/c1-4-14-11(8-20)16(21-9(3)24-5-2)23(22-14)15-12(18)6-10(17)7-13(15)19/h6-7H,4-5H2,1-3H3/b21-9+. The first-order valence-corrected chi connectivity index (χ1v) is 8.41. The molecule has 0 aliphatic rings. The van der Waals surface area contributed by atoms with E-state index in [1.807, 2.05) is 13.8 Å². The number of ether oxygens (including phenoxy) is 1. The van der Waals surface area contributed by atoms with Gasteiger partial charge in [0, 0.05) is 11.9 Å². The molecular weight excluding hydrogens is 371 g/mol. The molecule has 0 atom stereocenters. The summed E-state index contributed by atoms with van der Waals surface area (Å²) in [7, 11) is 0. The zero-order chi connectivity index (χ0) is 17.9. The van der Waals surface area contributed by atoms with Gasteiger partial charge in [-0.2, -0.15) is 15.4 Å². The highest BCUT2D eigenvalue weighted by atomic mass is 35.5. The molecule has 1 heterocycles. The first kappa shape index (κ1) is 18.6. The number of hydrogen-bond donors (Lipinski definition) is 0. The fourth-order valence-electron chi connectivity index (χ4n) is 2.20. The van der Waals surface area contributed by atoms with E-state index in [2.05, 4.69) is 16.2 Å². The Balaban J connectivity index is 2.78. The van der Waals surface area contributed by atoms with Crippen LogP contribution in [0.3, 0.4) is 0 Å². The maximum absolute atomic E-state index is 9.52. The Labute approximate surface area is 155 Å². The Morgan fingerprint density at radius 1 is 1.29 bits per heavy atom. The molecule has 0 fully saturated rings. The summed E-state index contributed by atoms with van der Waals surface area (Å²) in [6.07, 6.45) is 0.564. The van der Waals surface area contributed by atoms with Gasteiger partial charge in [-0.05, 0) is 25.5 Å². The van der Waals surface area contributed by atoms with Gasteiger partial charge in [-0.3, -0.25) is 0 Å². The van der Waals surface area contributed by atoms with Crippen LogP contribution in [0.25, 0.3) is 5.69 Å². The highest BCUT2D eigenvalue weighted by Gasteiger charge is 2.21. The topological polar surface area (TPSA) is 63.2 Å². The number of aromatic nitrogens is 2. The van der Waals surface area contributed by atoms with Crippen molar-refractivity contribution in [1.82, 2.24) is 9.78 Å². The monoisotopic (exact) mass is 384 g/mol. The number of benzene rings is 1. The van der Waals surface area contributed by atoms with E-state index in [1.54, 1.807) is 19.1 Å². The van der Waals surface area contributed by atoms with Crippen molar-refractivity contribution in [3.63, 3.8) is 0 Å². The predicted octanol–water partition coefficient (Wildman–Crippen LogP) is 5.35. The second kappa shape index (κ2) is 7.89. The molecule has 0 unspecified atom stereocenters. The molecule has 24 heavy (non-hydrogen) atoms. The number of nitriles is 1. The molecule has 8 heteroatoms. The van der Waals surface area contributed by atoms with Crippen molar-refractivity contribution in [2.24, 2.45) is 4.99 Å². The predicted molar refractivity (Wildman–Crippen MR) is 97.1 cm³/mol. The number of rotatable bonds is 4. The molecule has 1 aromatic heterocycles. The van der Waals surface area contributed by atoms with E-state index in [0.29, 0.717) is 56.8 Å². The molecule has 0 N–H and O–H groups in total. The second-order valence-electron chi connectivity index (χ2n) is 4.80. The maximum atomic E-state index is 9.52. The Hall–Kier alpha value is -1.74. The third-order valence-electron chi connectivity index (χ3n) is 3.19. The van der Waals surface area contributed by atoms with Gasteiger partial charge in [0.2, 0.25) is 0 Å². The van der Waals surface area contributed by atoms with E-state index in [-0.39, 0.29) is 0 Å². The highest BCUT2D eigenvalue weighted by molar-refractivity contribution is 6.40. The lowest BCUT2D eigenvalue weighted by Crippen LogP contribution is -2.02. The normalized spacial score (nSPS) is 11.5. The third kappa shape index (κ3) is 3.67. The van der Waals surface area contributed by atoms with Gasteiger partial charge in [-0.25, -0.2) is 4.68 Å². The molecule has 2 rings (SSSR count). The van der Waals surface area contributed by atoms with Crippen LogP contribution in [0.5, 0.6) is 0 Å². The summed E-state index contributed by atoms with van der Waals surface area (Å²) in [4.78, 5) is 4.39. The van der Waals surface area contributed by atoms with Crippen LogP contribution in [0.2, 0.25) is 15.1 Å². The van der Waals surface area contributed by atoms with Gasteiger partial charge < -0.3 is 4.74 Å². The summed E-state index contributed by atoms with van der Waals surface area (Å²) in [6, 6.07) is 5.27. The third-order valence-corrected chi connectivity index (χ3v) is 3.98. The average molecular weight is 386 g/mol. The minimum atomic E-state index is 0.313. The van der Waals surface area contributed by atoms with E-state index >= 15 is 0 Å². The first-order chi connectivity index (χ1) is 11.4. The maximum Gasteiger partial charge on any atom is 0.186 e. The minimum Gasteiger partial charge on any atom is -0.481 e. The van der Waals surface area contributed by atoms with Crippen LogP contribution in [0.1, 0.15) is 32.0 Å². The summed E-state index contributed by atoms with van der Waals surface area (Å²) in [5.41, 5.74) is 1.38. The zero-order valence-electron chi connectivity index (χ0n) is 13.4.